The molecule has 0 aromatic heterocycles. The zero-order valence-corrected chi connectivity index (χ0v) is 14.6. The summed E-state index contributed by atoms with van der Waals surface area (Å²) in [5, 5.41) is 10.2. The van der Waals surface area contributed by atoms with Gasteiger partial charge in [0.05, 0.1) is 23.7 Å². The van der Waals surface area contributed by atoms with Crippen molar-refractivity contribution >= 4 is 17.4 Å². The van der Waals surface area contributed by atoms with Gasteiger partial charge in [0.2, 0.25) is 0 Å². The molecule has 5 aliphatic rings. The summed E-state index contributed by atoms with van der Waals surface area (Å²) >= 11 is 7.20. The van der Waals surface area contributed by atoms with E-state index in [0.29, 0.717) is 30.0 Å². The highest BCUT2D eigenvalue weighted by molar-refractivity contribution is 6.25. The number of hydrogen-bond donors (Lipinski definition) is 1. The van der Waals surface area contributed by atoms with Crippen molar-refractivity contribution in [1.82, 2.24) is 0 Å². The molecule has 1 saturated heterocycles. The quantitative estimate of drug-likeness (QED) is 0.689. The highest BCUT2D eigenvalue weighted by Gasteiger charge is 2.72. The second-order valence-corrected chi connectivity index (χ2v) is 9.92. The number of fused-ring (bicyclic) bond motifs is 3. The predicted octanol–water partition coefficient (Wildman–Crippen LogP) is 3.31. The normalized spacial score (nSPS) is 61.0. The van der Waals surface area contributed by atoms with E-state index in [1.165, 1.54) is 0 Å². The highest BCUT2D eigenvalue weighted by atomic mass is 35.5. The lowest BCUT2D eigenvalue weighted by atomic mass is 9.45. The van der Waals surface area contributed by atoms with Gasteiger partial charge in [0, 0.05) is 17.3 Å². The van der Waals surface area contributed by atoms with Crippen molar-refractivity contribution in [2.24, 2.45) is 28.6 Å². The number of hydrogen-bond acceptors (Lipinski definition) is 3. The number of halogens is 1. The number of aliphatic hydroxyl groups is 1. The van der Waals surface area contributed by atoms with Gasteiger partial charge in [-0.1, -0.05) is 6.92 Å². The Kier molecular flexibility index (Phi) is 2.99. The van der Waals surface area contributed by atoms with Crippen LogP contribution in [0.1, 0.15) is 58.3 Å². The first-order chi connectivity index (χ1) is 10.9. The molecule has 0 aromatic rings. The summed E-state index contributed by atoms with van der Waals surface area (Å²) in [4.78, 5) is 12.1. The van der Waals surface area contributed by atoms with Gasteiger partial charge in [-0.3, -0.25) is 4.79 Å². The average molecular weight is 339 g/mol. The van der Waals surface area contributed by atoms with Crippen LogP contribution in [0.15, 0.2) is 0 Å². The summed E-state index contributed by atoms with van der Waals surface area (Å²) in [6.45, 7) is 2.99. The Morgan fingerprint density at radius 1 is 1.22 bits per heavy atom. The lowest BCUT2D eigenvalue weighted by molar-refractivity contribution is -0.137. The average Bonchev–Trinajstić information content (AvgIpc) is 2.88. The molecule has 1 aliphatic heterocycles. The molecule has 0 spiro atoms. The predicted molar refractivity (Wildman–Crippen MR) is 87.3 cm³/mol. The van der Waals surface area contributed by atoms with Gasteiger partial charge in [-0.15, -0.1) is 11.6 Å². The third-order valence-electron chi connectivity index (χ3n) is 8.68. The van der Waals surface area contributed by atoms with Crippen LogP contribution in [-0.2, 0) is 9.53 Å². The Morgan fingerprint density at radius 2 is 2.04 bits per heavy atom. The molecule has 4 aliphatic carbocycles. The third-order valence-corrected chi connectivity index (χ3v) is 9.45. The summed E-state index contributed by atoms with van der Waals surface area (Å²) in [6, 6.07) is 0. The highest BCUT2D eigenvalue weighted by Crippen LogP contribution is 2.71. The van der Waals surface area contributed by atoms with Crippen molar-refractivity contribution in [3.05, 3.63) is 0 Å². The maximum absolute atomic E-state index is 12.5. The van der Waals surface area contributed by atoms with E-state index in [0.717, 1.165) is 51.6 Å². The molecule has 5 rings (SSSR count). The molecule has 8 atom stereocenters. The van der Waals surface area contributed by atoms with Crippen molar-refractivity contribution in [3.63, 3.8) is 0 Å². The Bertz CT molecular complexity index is 565. The van der Waals surface area contributed by atoms with Crippen LogP contribution >= 0.6 is 11.6 Å². The van der Waals surface area contributed by atoms with E-state index in [2.05, 4.69) is 6.92 Å². The largest absolute Gasteiger partial charge is 0.393 e. The van der Waals surface area contributed by atoms with Gasteiger partial charge in [0.25, 0.3) is 0 Å². The lowest BCUT2D eigenvalue weighted by Crippen LogP contribution is -2.63. The molecule has 4 saturated carbocycles. The molecule has 128 valence electrons. The number of ketones is 1. The van der Waals surface area contributed by atoms with Crippen molar-refractivity contribution in [1.29, 1.82) is 0 Å². The fraction of sp³-hybridized carbons (Fsp3) is 0.947. The summed E-state index contributed by atoms with van der Waals surface area (Å²) in [5.74, 6) is 2.20. The molecular formula is C19H27ClO3. The number of aliphatic hydroxyl groups excluding tert-OH is 1. The van der Waals surface area contributed by atoms with E-state index in [4.69, 9.17) is 16.3 Å². The number of carbonyl (C=O) groups is 1. The summed E-state index contributed by atoms with van der Waals surface area (Å²) in [5.41, 5.74) is -0.0495. The van der Waals surface area contributed by atoms with E-state index in [1.807, 2.05) is 0 Å². The molecule has 5 fully saturated rings. The molecule has 1 heterocycles. The summed E-state index contributed by atoms with van der Waals surface area (Å²) in [7, 11) is 0. The molecular weight excluding hydrogens is 312 g/mol. The van der Waals surface area contributed by atoms with Gasteiger partial charge in [-0.25, -0.2) is 0 Å². The van der Waals surface area contributed by atoms with Crippen molar-refractivity contribution < 1.29 is 14.6 Å². The molecule has 4 heteroatoms. The Balaban J connectivity index is 1.56. The van der Waals surface area contributed by atoms with Crippen LogP contribution in [0.5, 0.6) is 0 Å². The smallest absolute Gasteiger partial charge is 0.139 e. The molecule has 2 bridgehead atoms. The van der Waals surface area contributed by atoms with Gasteiger partial charge in [-0.05, 0) is 62.7 Å². The third kappa shape index (κ3) is 1.63. The Morgan fingerprint density at radius 3 is 2.87 bits per heavy atom. The van der Waals surface area contributed by atoms with Crippen molar-refractivity contribution in [2.45, 2.75) is 75.4 Å². The number of rotatable bonds is 0. The maximum Gasteiger partial charge on any atom is 0.139 e. The molecule has 23 heavy (non-hydrogen) atoms. The molecule has 3 nitrogen and oxygen atoms in total. The van der Waals surface area contributed by atoms with Crippen LogP contribution in [0.2, 0.25) is 0 Å². The molecule has 0 aromatic carbocycles. The van der Waals surface area contributed by atoms with E-state index >= 15 is 0 Å². The van der Waals surface area contributed by atoms with E-state index < -0.39 is 0 Å². The van der Waals surface area contributed by atoms with Crippen LogP contribution in [0.3, 0.4) is 0 Å². The van der Waals surface area contributed by atoms with E-state index in [1.54, 1.807) is 0 Å². The van der Waals surface area contributed by atoms with Gasteiger partial charge >= 0.3 is 0 Å². The lowest BCUT2D eigenvalue weighted by Gasteiger charge is -2.61. The fourth-order valence-electron chi connectivity index (χ4n) is 7.48. The monoisotopic (exact) mass is 338 g/mol. The molecule has 1 N–H and O–H groups in total. The Labute approximate surface area is 143 Å². The number of carbonyl (C=O) groups excluding carboxylic acids is 1. The van der Waals surface area contributed by atoms with Crippen molar-refractivity contribution in [2.75, 3.05) is 6.61 Å². The van der Waals surface area contributed by atoms with Gasteiger partial charge in [-0.2, -0.15) is 0 Å². The summed E-state index contributed by atoms with van der Waals surface area (Å²) < 4.78 is 6.24. The molecule has 5 unspecified atom stereocenters. The van der Waals surface area contributed by atoms with E-state index in [9.17, 15) is 9.90 Å². The maximum atomic E-state index is 12.5. The van der Waals surface area contributed by atoms with Crippen LogP contribution in [0.4, 0.5) is 0 Å². The second-order valence-electron chi connectivity index (χ2n) is 9.25. The fourth-order valence-corrected chi connectivity index (χ4v) is 8.10. The zero-order valence-electron chi connectivity index (χ0n) is 13.9. The number of ether oxygens (including phenoxy) is 1. The first-order valence-electron chi connectivity index (χ1n) is 9.43. The van der Waals surface area contributed by atoms with Gasteiger partial charge in [0.15, 0.2) is 0 Å². The van der Waals surface area contributed by atoms with Crippen LogP contribution in [0.25, 0.3) is 0 Å². The summed E-state index contributed by atoms with van der Waals surface area (Å²) in [6.07, 6.45) is 7.30. The second kappa shape index (κ2) is 4.53. The van der Waals surface area contributed by atoms with Crippen LogP contribution < -0.4 is 0 Å². The zero-order chi connectivity index (χ0) is 16.0. The SMILES string of the molecule is CC12CCC3C(C[C@@H]4OCC35CC[C@H](O)C[C@]45Cl)C1CCC2=O. The van der Waals surface area contributed by atoms with Crippen LogP contribution in [-0.4, -0.2) is 34.6 Å². The minimum absolute atomic E-state index is 0.0360. The van der Waals surface area contributed by atoms with Crippen LogP contribution in [0, 0.1) is 28.6 Å². The van der Waals surface area contributed by atoms with Gasteiger partial charge in [0.1, 0.15) is 5.78 Å². The minimum Gasteiger partial charge on any atom is -0.393 e. The molecule has 0 radical (unpaired) electrons. The van der Waals surface area contributed by atoms with E-state index in [-0.39, 0.29) is 27.9 Å². The standard InChI is InChI=1S/C19H27ClO3/c1-17-6-5-14-12(13(17)2-3-15(17)22)8-16-19(20)9-11(21)4-7-18(14,19)10-23-16/h11-14,16,21H,2-10H2,1H3/t11-,12?,13?,14?,16-,17?,18?,19-/m0/s1. The number of alkyl halides is 1. The van der Waals surface area contributed by atoms with Gasteiger partial charge < -0.3 is 9.84 Å². The first kappa shape index (κ1) is 15.2. The molecule has 0 amide bonds. The first-order valence-corrected chi connectivity index (χ1v) is 9.80. The Hall–Kier alpha value is -0.120. The number of Topliss-reactive ketones (excluding diaryl/α,β-unsaturated/α-hetero) is 1. The van der Waals surface area contributed by atoms with Crippen molar-refractivity contribution in [3.8, 4) is 0 Å². The topological polar surface area (TPSA) is 46.5 Å². The minimum atomic E-state index is -0.373.